The smallest absolute Gasteiger partial charge is 0.136 e. The van der Waals surface area contributed by atoms with Gasteiger partial charge in [0.1, 0.15) is 19.8 Å². The predicted octanol–water partition coefficient (Wildman–Crippen LogP) is 4.68. The van der Waals surface area contributed by atoms with Crippen molar-refractivity contribution in [1.29, 1.82) is 0 Å². The van der Waals surface area contributed by atoms with Gasteiger partial charge in [-0.05, 0) is 50.7 Å². The summed E-state index contributed by atoms with van der Waals surface area (Å²) < 4.78 is 22.5. The molecule has 112 valence electrons. The van der Waals surface area contributed by atoms with E-state index in [2.05, 4.69) is 56.7 Å². The Morgan fingerprint density at radius 1 is 1.24 bits per heavy atom. The number of halogens is 3. The minimum absolute atomic E-state index is 0.300. The van der Waals surface area contributed by atoms with E-state index in [0.717, 1.165) is 18.8 Å². The van der Waals surface area contributed by atoms with E-state index in [-0.39, 0.29) is 5.83 Å². The highest BCUT2D eigenvalue weighted by Gasteiger charge is 2.13. The number of allylic oxidation sites excluding steroid dienone is 1. The van der Waals surface area contributed by atoms with Crippen LogP contribution in [-0.4, -0.2) is 9.55 Å². The normalized spacial score (nSPS) is 10.8. The summed E-state index contributed by atoms with van der Waals surface area (Å²) in [7, 11) is 0. The van der Waals surface area contributed by atoms with Crippen molar-refractivity contribution in [2.45, 2.75) is 26.2 Å². The van der Waals surface area contributed by atoms with Crippen LogP contribution < -0.4 is 0 Å². The van der Waals surface area contributed by atoms with E-state index >= 15 is 0 Å². The number of benzene rings is 1. The standard InChI is InChI=1S/C15H15FI2N2O/c1-11(16)7-8-20-13(19-14(17)15(20)18)10-21-9-12-5-3-2-4-6-12/h2-6H,1,7-10H2. The van der Waals surface area contributed by atoms with Gasteiger partial charge in [0.15, 0.2) is 0 Å². The lowest BCUT2D eigenvalue weighted by Gasteiger charge is -2.09. The third-order valence-electron chi connectivity index (χ3n) is 2.90. The summed E-state index contributed by atoms with van der Waals surface area (Å²) in [6.45, 7) is 4.79. The molecule has 0 aliphatic rings. The Hall–Kier alpha value is -0.480. The molecule has 1 aromatic heterocycles. The molecule has 0 fully saturated rings. The molecule has 6 heteroatoms. The molecule has 21 heavy (non-hydrogen) atoms. The Labute approximate surface area is 150 Å². The maximum absolute atomic E-state index is 12.9. The molecule has 0 unspecified atom stereocenters. The zero-order valence-electron chi connectivity index (χ0n) is 11.4. The first-order chi connectivity index (χ1) is 10.1. The molecule has 0 aliphatic carbocycles. The number of nitrogens with zero attached hydrogens (tertiary/aromatic N) is 2. The van der Waals surface area contributed by atoms with Gasteiger partial charge in [0.2, 0.25) is 0 Å². The number of imidazole rings is 1. The maximum Gasteiger partial charge on any atom is 0.136 e. The average molecular weight is 512 g/mol. The Bertz CT molecular complexity index is 614. The molecule has 0 spiro atoms. The molecule has 0 amide bonds. The summed E-state index contributed by atoms with van der Waals surface area (Å²) in [5.74, 6) is 0.506. The second-order valence-electron chi connectivity index (χ2n) is 4.51. The van der Waals surface area contributed by atoms with Gasteiger partial charge in [-0.15, -0.1) is 0 Å². The molecule has 0 N–H and O–H groups in total. The van der Waals surface area contributed by atoms with Crippen LogP contribution >= 0.6 is 45.2 Å². The molecule has 0 radical (unpaired) electrons. The third-order valence-corrected chi connectivity index (χ3v) is 5.77. The highest BCUT2D eigenvalue weighted by molar-refractivity contribution is 14.1. The maximum atomic E-state index is 12.9. The highest BCUT2D eigenvalue weighted by Crippen LogP contribution is 2.19. The first kappa shape index (κ1) is 16.9. The minimum atomic E-state index is -0.314. The molecular formula is C15H15FI2N2O. The van der Waals surface area contributed by atoms with Crippen LogP contribution in [0.4, 0.5) is 4.39 Å². The third kappa shape index (κ3) is 5.03. The zero-order chi connectivity index (χ0) is 15.2. The van der Waals surface area contributed by atoms with Crippen molar-refractivity contribution < 1.29 is 9.13 Å². The van der Waals surface area contributed by atoms with Crippen LogP contribution in [0.3, 0.4) is 0 Å². The lowest BCUT2D eigenvalue weighted by atomic mass is 10.2. The van der Waals surface area contributed by atoms with Crippen molar-refractivity contribution in [3.8, 4) is 0 Å². The summed E-state index contributed by atoms with van der Waals surface area (Å²) in [6, 6.07) is 9.99. The summed E-state index contributed by atoms with van der Waals surface area (Å²) >= 11 is 4.40. The first-order valence-corrected chi connectivity index (χ1v) is 8.59. The number of ether oxygens (including phenoxy) is 1. The van der Waals surface area contributed by atoms with E-state index in [0.29, 0.717) is 26.2 Å². The molecule has 1 heterocycles. The van der Waals surface area contributed by atoms with E-state index < -0.39 is 0 Å². The minimum Gasteiger partial charge on any atom is -0.369 e. The van der Waals surface area contributed by atoms with Crippen molar-refractivity contribution in [2.24, 2.45) is 0 Å². The van der Waals surface area contributed by atoms with E-state index in [1.165, 1.54) is 0 Å². The fourth-order valence-corrected chi connectivity index (χ4v) is 3.06. The number of hydrogen-bond donors (Lipinski definition) is 0. The quantitative estimate of drug-likeness (QED) is 0.505. The van der Waals surface area contributed by atoms with E-state index in [4.69, 9.17) is 4.74 Å². The molecule has 2 rings (SSSR count). The van der Waals surface area contributed by atoms with Crippen molar-refractivity contribution in [1.82, 2.24) is 9.55 Å². The largest absolute Gasteiger partial charge is 0.369 e. The van der Waals surface area contributed by atoms with Gasteiger partial charge in [-0.2, -0.15) is 0 Å². The van der Waals surface area contributed by atoms with Gasteiger partial charge >= 0.3 is 0 Å². The van der Waals surface area contributed by atoms with Crippen molar-refractivity contribution in [2.75, 3.05) is 0 Å². The van der Waals surface area contributed by atoms with Gasteiger partial charge < -0.3 is 9.30 Å². The SMILES string of the molecule is C=C(F)CCn1c(COCc2ccccc2)nc(I)c1I. The molecule has 0 atom stereocenters. The second kappa shape index (κ2) is 8.23. The van der Waals surface area contributed by atoms with Crippen LogP contribution in [0.1, 0.15) is 17.8 Å². The van der Waals surface area contributed by atoms with Gasteiger partial charge in [-0.3, -0.25) is 0 Å². The Morgan fingerprint density at radius 2 is 1.95 bits per heavy atom. The van der Waals surface area contributed by atoms with Gasteiger partial charge in [-0.25, -0.2) is 9.37 Å². The Morgan fingerprint density at radius 3 is 2.62 bits per heavy atom. The summed E-state index contributed by atoms with van der Waals surface area (Å²) in [5.41, 5.74) is 1.12. The van der Waals surface area contributed by atoms with Crippen LogP contribution in [0.15, 0.2) is 42.7 Å². The monoisotopic (exact) mass is 512 g/mol. The second-order valence-corrected chi connectivity index (χ2v) is 6.55. The van der Waals surface area contributed by atoms with E-state index in [1.54, 1.807) is 0 Å². The van der Waals surface area contributed by atoms with Crippen LogP contribution in [0.5, 0.6) is 0 Å². The molecular weight excluding hydrogens is 497 g/mol. The summed E-state index contributed by atoms with van der Waals surface area (Å²) in [4.78, 5) is 4.48. The van der Waals surface area contributed by atoms with Crippen LogP contribution in [0, 0.1) is 7.40 Å². The topological polar surface area (TPSA) is 27.1 Å². The van der Waals surface area contributed by atoms with E-state index in [1.807, 2.05) is 34.9 Å². The lowest BCUT2D eigenvalue weighted by molar-refractivity contribution is 0.0990. The lowest BCUT2D eigenvalue weighted by Crippen LogP contribution is -2.08. The molecule has 0 saturated carbocycles. The van der Waals surface area contributed by atoms with Crippen molar-refractivity contribution in [3.63, 3.8) is 0 Å². The van der Waals surface area contributed by atoms with Crippen molar-refractivity contribution >= 4 is 45.2 Å². The fraction of sp³-hybridized carbons (Fsp3) is 0.267. The van der Waals surface area contributed by atoms with Crippen LogP contribution in [0.2, 0.25) is 0 Å². The first-order valence-electron chi connectivity index (χ1n) is 6.43. The zero-order valence-corrected chi connectivity index (χ0v) is 15.7. The molecule has 0 saturated heterocycles. The van der Waals surface area contributed by atoms with Crippen molar-refractivity contribution in [3.05, 3.63) is 61.5 Å². The molecule has 3 nitrogen and oxygen atoms in total. The molecule has 0 bridgehead atoms. The molecule has 1 aromatic carbocycles. The van der Waals surface area contributed by atoms with Crippen LogP contribution in [-0.2, 0) is 24.5 Å². The molecule has 0 aliphatic heterocycles. The predicted molar refractivity (Wildman–Crippen MR) is 97.5 cm³/mol. The Kier molecular flexibility index (Phi) is 6.62. The number of rotatable bonds is 7. The van der Waals surface area contributed by atoms with Crippen LogP contribution in [0.25, 0.3) is 0 Å². The fourth-order valence-electron chi connectivity index (χ4n) is 1.85. The number of aromatic nitrogens is 2. The molecule has 2 aromatic rings. The van der Waals surface area contributed by atoms with E-state index in [9.17, 15) is 4.39 Å². The van der Waals surface area contributed by atoms with Gasteiger partial charge in [0, 0.05) is 13.0 Å². The summed E-state index contributed by atoms with van der Waals surface area (Å²) in [6.07, 6.45) is 0.300. The average Bonchev–Trinajstić information content (AvgIpc) is 2.73. The number of hydrogen-bond acceptors (Lipinski definition) is 2. The van der Waals surface area contributed by atoms with Gasteiger partial charge in [0.25, 0.3) is 0 Å². The summed E-state index contributed by atoms with van der Waals surface area (Å²) in [5, 5.41) is 0. The van der Waals surface area contributed by atoms with Gasteiger partial charge in [-0.1, -0.05) is 36.9 Å². The highest BCUT2D eigenvalue weighted by atomic mass is 127. The van der Waals surface area contributed by atoms with Gasteiger partial charge in [0.05, 0.1) is 12.4 Å². The Balaban J connectivity index is 1.99.